The van der Waals surface area contributed by atoms with Gasteiger partial charge in [-0.2, -0.15) is 0 Å². The van der Waals surface area contributed by atoms with Gasteiger partial charge in [-0.25, -0.2) is 0 Å². The van der Waals surface area contributed by atoms with Crippen LogP contribution < -0.4 is 28.1 Å². The maximum absolute atomic E-state index is 2.68. The standard InChI is InChI=1S/C27H21.C6H10.C5H5.2ClH.Zr/c1-3-7-20(8-4-1)15-22-11-13-24-19-25-14-12-23(18-27(25)26(24)17-22)16-21-9-5-2-6-10-21;1-2-4-6-5-3-1;1-2-4-5-3-1;;;/h1-13,17-18H,15-16,19H2;1-5H2;1-3H,4H2;2*1H;/q;;;;;+2/p-2. The van der Waals surface area contributed by atoms with Crippen LogP contribution in [-0.4, -0.2) is 3.21 Å². The molecule has 3 heteroatoms. The van der Waals surface area contributed by atoms with Crippen LogP contribution in [0.5, 0.6) is 0 Å². The molecule has 0 N–H and O–H groups in total. The van der Waals surface area contributed by atoms with Crippen LogP contribution in [0.15, 0.2) is 113 Å². The van der Waals surface area contributed by atoms with Gasteiger partial charge in [0.05, 0.1) is 0 Å². The zero-order valence-corrected chi connectivity index (χ0v) is 27.5. The maximum Gasteiger partial charge on any atom is -1.00 e. The van der Waals surface area contributed by atoms with E-state index in [9.17, 15) is 0 Å². The Morgan fingerprint density at radius 1 is 0.610 bits per heavy atom. The quantitative estimate of drug-likeness (QED) is 0.265. The summed E-state index contributed by atoms with van der Waals surface area (Å²) in [6.07, 6.45) is 18.5. The van der Waals surface area contributed by atoms with Crippen molar-refractivity contribution in [3.63, 3.8) is 0 Å². The van der Waals surface area contributed by atoms with Crippen LogP contribution in [0.3, 0.4) is 0 Å². The van der Waals surface area contributed by atoms with Gasteiger partial charge in [-0.3, -0.25) is 0 Å². The summed E-state index contributed by atoms with van der Waals surface area (Å²) in [4.78, 5) is 0. The van der Waals surface area contributed by atoms with Gasteiger partial charge in [0.25, 0.3) is 0 Å². The van der Waals surface area contributed by atoms with Crippen LogP contribution in [0.25, 0.3) is 11.1 Å². The molecule has 0 atom stereocenters. The number of hydrogen-bond acceptors (Lipinski definition) is 0. The van der Waals surface area contributed by atoms with E-state index in [4.69, 9.17) is 0 Å². The van der Waals surface area contributed by atoms with Crippen LogP contribution >= 0.6 is 0 Å². The molecule has 0 spiro atoms. The minimum Gasteiger partial charge on any atom is -1.00 e. The largest absolute Gasteiger partial charge is 1.00 e. The van der Waals surface area contributed by atoms with Crippen molar-refractivity contribution in [1.29, 1.82) is 0 Å². The van der Waals surface area contributed by atoms with Crippen molar-refractivity contribution in [2.75, 3.05) is 0 Å². The number of benzene rings is 4. The number of halogens is 2. The first kappa shape index (κ1) is 30.2. The normalized spacial score (nSPS) is 14.7. The molecule has 3 aliphatic carbocycles. The summed E-state index contributed by atoms with van der Waals surface area (Å²) in [6.45, 7) is 0. The molecule has 0 amide bonds. The van der Waals surface area contributed by atoms with E-state index < -0.39 is 21.3 Å². The second kappa shape index (κ2) is 13.8. The molecule has 0 heterocycles. The summed E-state index contributed by atoms with van der Waals surface area (Å²) in [5.74, 6) is 0. The van der Waals surface area contributed by atoms with Crippen LogP contribution in [0.1, 0.15) is 71.9 Å². The van der Waals surface area contributed by atoms with Crippen molar-refractivity contribution >= 4 is 6.48 Å². The molecule has 3 aliphatic rings. The van der Waals surface area contributed by atoms with Crippen molar-refractivity contribution in [3.8, 4) is 11.1 Å². The minimum absolute atomic E-state index is 0. The molecule has 0 unspecified atom stereocenters. The monoisotopic (exact) mass is 652 g/mol. The van der Waals surface area contributed by atoms with Crippen molar-refractivity contribution < 1.29 is 46.1 Å². The van der Waals surface area contributed by atoms with Crippen LogP contribution in [0.4, 0.5) is 0 Å². The van der Waals surface area contributed by atoms with Gasteiger partial charge in [0.15, 0.2) is 0 Å². The van der Waals surface area contributed by atoms with Gasteiger partial charge in [-0.1, -0.05) is 0 Å². The molecular weight excluding hydrogens is 619 g/mol. The number of allylic oxidation sites excluding steroid dienone is 4. The number of hydrogen-bond donors (Lipinski definition) is 0. The molecule has 0 aromatic heterocycles. The first-order valence-corrected chi connectivity index (χ1v) is 18.4. The zero-order chi connectivity index (χ0) is 26.0. The van der Waals surface area contributed by atoms with E-state index in [2.05, 4.69) is 109 Å². The Bertz CT molecular complexity index is 1610. The topological polar surface area (TPSA) is 0 Å². The second-order valence-corrected chi connectivity index (χ2v) is 18.0. The maximum atomic E-state index is 2.68. The molecule has 4 aromatic rings. The fourth-order valence-electron chi connectivity index (χ4n) is 6.93. The molecule has 206 valence electrons. The SMILES string of the molecule is C1=CC[C]([Zr+2](=[C]2CCCCC2)[c]2cc(Cc3ccccc3)cc3c2Cc2ccc(Cc4ccccc4)cc2-3)=C1.[Cl-].[Cl-]. The Morgan fingerprint density at radius 3 is 1.93 bits per heavy atom. The Morgan fingerprint density at radius 2 is 1.27 bits per heavy atom. The van der Waals surface area contributed by atoms with Crippen LogP contribution in [0, 0.1) is 0 Å². The van der Waals surface area contributed by atoms with Gasteiger partial charge in [0, 0.05) is 0 Å². The van der Waals surface area contributed by atoms with Crippen LogP contribution in [0.2, 0.25) is 0 Å². The fourth-order valence-corrected chi connectivity index (χ4v) is 15.5. The van der Waals surface area contributed by atoms with E-state index in [0.717, 1.165) is 19.3 Å². The van der Waals surface area contributed by atoms with E-state index in [1.807, 2.05) is 3.21 Å². The summed E-state index contributed by atoms with van der Waals surface area (Å²) in [6, 6.07) is 34.6. The Kier molecular flexibility index (Phi) is 10.1. The zero-order valence-electron chi connectivity index (χ0n) is 23.5. The second-order valence-electron chi connectivity index (χ2n) is 11.5. The summed E-state index contributed by atoms with van der Waals surface area (Å²) in [5, 5.41) is 0. The third-order valence-electron chi connectivity index (χ3n) is 8.82. The van der Waals surface area contributed by atoms with E-state index in [-0.39, 0.29) is 24.8 Å². The fraction of sp³-hybridized carbons (Fsp3) is 0.237. The first-order valence-electron chi connectivity index (χ1n) is 14.8. The van der Waals surface area contributed by atoms with E-state index in [0.29, 0.717) is 0 Å². The predicted molar refractivity (Wildman–Crippen MR) is 163 cm³/mol. The Hall–Kier alpha value is -2.31. The third kappa shape index (κ3) is 6.54. The van der Waals surface area contributed by atoms with Gasteiger partial charge in [0.1, 0.15) is 0 Å². The minimum atomic E-state index is -2.16. The molecule has 0 aliphatic heterocycles. The van der Waals surface area contributed by atoms with E-state index >= 15 is 0 Å². The predicted octanol–water partition coefficient (Wildman–Crippen LogP) is 2.67. The summed E-state index contributed by atoms with van der Waals surface area (Å²) < 4.78 is 5.56. The molecule has 0 saturated heterocycles. The number of rotatable bonds is 6. The molecule has 41 heavy (non-hydrogen) atoms. The molecule has 7 rings (SSSR count). The number of fused-ring (bicyclic) bond motifs is 3. The van der Waals surface area contributed by atoms with Crippen molar-refractivity contribution in [1.82, 2.24) is 0 Å². The van der Waals surface area contributed by atoms with Gasteiger partial charge >= 0.3 is 243 Å². The first-order chi connectivity index (χ1) is 19.3. The van der Waals surface area contributed by atoms with Crippen molar-refractivity contribution in [2.45, 2.75) is 57.8 Å². The van der Waals surface area contributed by atoms with E-state index in [1.165, 1.54) is 77.5 Å². The third-order valence-corrected chi connectivity index (χ3v) is 16.7. The Labute approximate surface area is 265 Å². The van der Waals surface area contributed by atoms with Crippen molar-refractivity contribution in [2.24, 2.45) is 0 Å². The molecule has 1 saturated carbocycles. The van der Waals surface area contributed by atoms with Crippen LogP contribution in [-0.2, 0) is 40.5 Å². The Balaban J connectivity index is 0.00000169. The summed E-state index contributed by atoms with van der Waals surface area (Å²) in [7, 11) is 0. The molecular formula is C38H36Cl2Zr. The van der Waals surface area contributed by atoms with Gasteiger partial charge < -0.3 is 24.8 Å². The summed E-state index contributed by atoms with van der Waals surface area (Å²) in [5.41, 5.74) is 11.9. The van der Waals surface area contributed by atoms with Gasteiger partial charge in [-0.05, 0) is 0 Å². The molecule has 4 aromatic carbocycles. The summed E-state index contributed by atoms with van der Waals surface area (Å²) >= 11 is -2.16. The van der Waals surface area contributed by atoms with Gasteiger partial charge in [-0.15, -0.1) is 0 Å². The molecule has 0 radical (unpaired) electrons. The average Bonchev–Trinajstić information content (AvgIpc) is 3.64. The molecule has 1 fully saturated rings. The smallest absolute Gasteiger partial charge is 1.00 e. The molecule has 0 nitrogen and oxygen atoms in total. The van der Waals surface area contributed by atoms with E-state index in [1.54, 1.807) is 12.1 Å². The van der Waals surface area contributed by atoms with Crippen molar-refractivity contribution in [3.05, 3.63) is 146 Å². The van der Waals surface area contributed by atoms with Gasteiger partial charge in [0.2, 0.25) is 0 Å². The average molecular weight is 655 g/mol. The molecule has 0 bridgehead atoms.